The molecule has 1 aliphatic rings. The number of aryl methyl sites for hydroxylation is 1. The number of rotatable bonds is 3. The Morgan fingerprint density at radius 3 is 2.32 bits per heavy atom. The average Bonchev–Trinajstić information content (AvgIpc) is 2.52. The van der Waals surface area contributed by atoms with Crippen molar-refractivity contribution in [3.05, 3.63) is 35.4 Å². The Bertz CT molecular complexity index is 585. The van der Waals surface area contributed by atoms with E-state index < -0.39 is 29.6 Å². The quantitative estimate of drug-likeness (QED) is 0.740. The topological polar surface area (TPSA) is 95.5 Å². The summed E-state index contributed by atoms with van der Waals surface area (Å²) in [6.07, 6.45) is 2.67. The second-order valence-corrected chi connectivity index (χ2v) is 5.59. The molecule has 2 atom stereocenters. The highest BCUT2D eigenvalue weighted by Gasteiger charge is 2.35. The van der Waals surface area contributed by atoms with Crippen LogP contribution >= 0.6 is 0 Å². The largest absolute Gasteiger partial charge is 0.481 e. The Kier molecular flexibility index (Phi) is 5.14. The van der Waals surface area contributed by atoms with Gasteiger partial charge >= 0.3 is 5.97 Å². The number of hydrogen-bond donors (Lipinski definition) is 3. The maximum atomic E-state index is 12.1. The summed E-state index contributed by atoms with van der Waals surface area (Å²) in [7, 11) is 0. The first kappa shape index (κ1) is 16.0. The van der Waals surface area contributed by atoms with Crippen LogP contribution in [0.1, 0.15) is 41.6 Å². The van der Waals surface area contributed by atoms with Gasteiger partial charge in [0.25, 0.3) is 5.91 Å². The van der Waals surface area contributed by atoms with Crippen molar-refractivity contribution in [1.29, 1.82) is 0 Å². The molecule has 0 saturated heterocycles. The number of nitrogens with one attached hydrogen (secondary N) is 2. The third-order valence-electron chi connectivity index (χ3n) is 4.11. The van der Waals surface area contributed by atoms with Gasteiger partial charge in [0, 0.05) is 5.56 Å². The summed E-state index contributed by atoms with van der Waals surface area (Å²) in [4.78, 5) is 35.4. The molecular formula is C16H20N2O4. The van der Waals surface area contributed by atoms with Crippen LogP contribution in [-0.4, -0.2) is 22.9 Å². The normalized spacial score (nSPS) is 21.0. The Morgan fingerprint density at radius 2 is 1.68 bits per heavy atom. The molecule has 0 bridgehead atoms. The van der Waals surface area contributed by atoms with Gasteiger partial charge in [-0.15, -0.1) is 0 Å². The van der Waals surface area contributed by atoms with Gasteiger partial charge in [-0.1, -0.05) is 31.0 Å². The third-order valence-corrected chi connectivity index (χ3v) is 4.11. The number of amides is 2. The lowest BCUT2D eigenvalue weighted by Crippen LogP contribution is -2.48. The Balaban J connectivity index is 1.96. The number of carboxylic acid groups (broad SMARTS) is 1. The fraction of sp³-hybridized carbons (Fsp3) is 0.438. The zero-order valence-corrected chi connectivity index (χ0v) is 12.5. The van der Waals surface area contributed by atoms with Crippen LogP contribution in [-0.2, 0) is 9.59 Å². The maximum absolute atomic E-state index is 12.1. The monoisotopic (exact) mass is 304 g/mol. The molecule has 1 aliphatic carbocycles. The van der Waals surface area contributed by atoms with Crippen molar-refractivity contribution >= 4 is 17.8 Å². The highest BCUT2D eigenvalue weighted by molar-refractivity contribution is 5.97. The van der Waals surface area contributed by atoms with E-state index in [0.717, 1.165) is 18.4 Å². The van der Waals surface area contributed by atoms with Gasteiger partial charge in [-0.2, -0.15) is 0 Å². The van der Waals surface area contributed by atoms with E-state index in [1.165, 1.54) is 0 Å². The standard InChI is InChI=1S/C16H20N2O4/c1-10-6-2-3-7-11(10)14(19)17-18-15(20)12-8-4-5-9-13(12)16(21)22/h2-3,6-7,12-13H,4-5,8-9H2,1H3,(H,17,19)(H,18,20)(H,21,22)/t12-,13+/m0/s1. The third kappa shape index (κ3) is 3.63. The van der Waals surface area contributed by atoms with Crippen molar-refractivity contribution in [2.75, 3.05) is 0 Å². The molecule has 0 radical (unpaired) electrons. The lowest BCUT2D eigenvalue weighted by Gasteiger charge is -2.27. The van der Waals surface area contributed by atoms with Gasteiger partial charge in [0.2, 0.25) is 5.91 Å². The predicted octanol–water partition coefficient (Wildman–Crippen LogP) is 1.65. The highest BCUT2D eigenvalue weighted by atomic mass is 16.4. The minimum absolute atomic E-state index is 0.408. The minimum Gasteiger partial charge on any atom is -0.481 e. The van der Waals surface area contributed by atoms with E-state index in [0.29, 0.717) is 18.4 Å². The van der Waals surface area contributed by atoms with Crippen LogP contribution in [0.15, 0.2) is 24.3 Å². The number of carbonyl (C=O) groups excluding carboxylic acids is 2. The summed E-state index contributed by atoms with van der Waals surface area (Å²) in [6.45, 7) is 1.80. The lowest BCUT2D eigenvalue weighted by molar-refractivity contribution is -0.149. The van der Waals surface area contributed by atoms with Crippen molar-refractivity contribution in [2.24, 2.45) is 11.8 Å². The van der Waals surface area contributed by atoms with Gasteiger partial charge < -0.3 is 5.11 Å². The number of carboxylic acids is 1. The maximum Gasteiger partial charge on any atom is 0.307 e. The van der Waals surface area contributed by atoms with Gasteiger partial charge in [-0.3, -0.25) is 25.2 Å². The number of carbonyl (C=O) groups is 3. The van der Waals surface area contributed by atoms with Crippen LogP contribution in [0, 0.1) is 18.8 Å². The predicted molar refractivity (Wildman–Crippen MR) is 79.9 cm³/mol. The van der Waals surface area contributed by atoms with Crippen LogP contribution in [0.4, 0.5) is 0 Å². The van der Waals surface area contributed by atoms with E-state index in [2.05, 4.69) is 10.9 Å². The van der Waals surface area contributed by atoms with E-state index in [-0.39, 0.29) is 0 Å². The Morgan fingerprint density at radius 1 is 1.05 bits per heavy atom. The first-order valence-corrected chi connectivity index (χ1v) is 7.39. The van der Waals surface area contributed by atoms with Crippen LogP contribution in [0.2, 0.25) is 0 Å². The van der Waals surface area contributed by atoms with Crippen molar-refractivity contribution < 1.29 is 19.5 Å². The van der Waals surface area contributed by atoms with Gasteiger partial charge in [0.15, 0.2) is 0 Å². The summed E-state index contributed by atoms with van der Waals surface area (Å²) in [6, 6.07) is 7.03. The molecular weight excluding hydrogens is 284 g/mol. The molecule has 0 spiro atoms. The van der Waals surface area contributed by atoms with Crippen molar-refractivity contribution in [2.45, 2.75) is 32.6 Å². The van der Waals surface area contributed by atoms with Crippen molar-refractivity contribution in [1.82, 2.24) is 10.9 Å². The first-order chi connectivity index (χ1) is 10.5. The molecule has 0 unspecified atom stereocenters. The van der Waals surface area contributed by atoms with Crippen LogP contribution in [0.5, 0.6) is 0 Å². The SMILES string of the molecule is Cc1ccccc1C(=O)NNC(=O)[C@H]1CCCC[C@H]1C(=O)O. The lowest BCUT2D eigenvalue weighted by atomic mass is 9.79. The molecule has 1 saturated carbocycles. The van der Waals surface area contributed by atoms with Crippen molar-refractivity contribution in [3.8, 4) is 0 Å². The zero-order chi connectivity index (χ0) is 16.1. The molecule has 118 valence electrons. The van der Waals surface area contributed by atoms with Crippen LogP contribution < -0.4 is 10.9 Å². The molecule has 3 N–H and O–H groups in total. The molecule has 0 aromatic heterocycles. The smallest absolute Gasteiger partial charge is 0.307 e. The molecule has 1 fully saturated rings. The van der Waals surface area contributed by atoms with E-state index in [1.54, 1.807) is 25.1 Å². The average molecular weight is 304 g/mol. The molecule has 22 heavy (non-hydrogen) atoms. The number of hydrazine groups is 1. The summed E-state index contributed by atoms with van der Waals surface area (Å²) in [5, 5.41) is 9.18. The highest BCUT2D eigenvalue weighted by Crippen LogP contribution is 2.30. The minimum atomic E-state index is -0.954. The molecule has 1 aromatic rings. The molecule has 0 aliphatic heterocycles. The second-order valence-electron chi connectivity index (χ2n) is 5.59. The van der Waals surface area contributed by atoms with Crippen LogP contribution in [0.3, 0.4) is 0 Å². The van der Waals surface area contributed by atoms with Gasteiger partial charge in [0.05, 0.1) is 11.8 Å². The molecule has 0 heterocycles. The van der Waals surface area contributed by atoms with Gasteiger partial charge in [0.1, 0.15) is 0 Å². The second kappa shape index (κ2) is 7.06. The van der Waals surface area contributed by atoms with E-state index in [4.69, 9.17) is 0 Å². The molecule has 6 nitrogen and oxygen atoms in total. The molecule has 6 heteroatoms. The number of benzene rings is 1. The van der Waals surface area contributed by atoms with Gasteiger partial charge in [-0.05, 0) is 31.4 Å². The fourth-order valence-corrected chi connectivity index (χ4v) is 2.85. The van der Waals surface area contributed by atoms with E-state index in [1.807, 2.05) is 6.07 Å². The summed E-state index contributed by atoms with van der Waals surface area (Å²) in [5.41, 5.74) is 6.00. The Labute approximate surface area is 128 Å². The fourth-order valence-electron chi connectivity index (χ4n) is 2.85. The first-order valence-electron chi connectivity index (χ1n) is 7.39. The Hall–Kier alpha value is -2.37. The number of hydrogen-bond acceptors (Lipinski definition) is 3. The molecule has 2 amide bonds. The number of aliphatic carboxylic acids is 1. The molecule has 1 aromatic carbocycles. The zero-order valence-electron chi connectivity index (χ0n) is 12.5. The summed E-state index contributed by atoms with van der Waals surface area (Å²) >= 11 is 0. The summed E-state index contributed by atoms with van der Waals surface area (Å²) < 4.78 is 0. The molecule has 2 rings (SSSR count). The summed E-state index contributed by atoms with van der Waals surface area (Å²) in [5.74, 6) is -3.07. The van der Waals surface area contributed by atoms with E-state index >= 15 is 0 Å². The van der Waals surface area contributed by atoms with E-state index in [9.17, 15) is 19.5 Å². The van der Waals surface area contributed by atoms with Crippen molar-refractivity contribution in [3.63, 3.8) is 0 Å². The van der Waals surface area contributed by atoms with Crippen LogP contribution in [0.25, 0.3) is 0 Å². The van der Waals surface area contributed by atoms with Gasteiger partial charge in [-0.25, -0.2) is 0 Å².